The van der Waals surface area contributed by atoms with Gasteiger partial charge in [0.15, 0.2) is 5.11 Å². The minimum absolute atomic E-state index is 0.240. The number of carbonyl (C=O) groups is 1. The second-order valence-corrected chi connectivity index (χ2v) is 8.66. The number of anilines is 1. The fourth-order valence-corrected chi connectivity index (χ4v) is 3.22. The molecule has 0 saturated heterocycles. The molecule has 1 amide bonds. The van der Waals surface area contributed by atoms with E-state index in [1.165, 1.54) is 25.7 Å². The number of hydrogen-bond donors (Lipinski definition) is 2. The Labute approximate surface area is 197 Å². The molecule has 0 saturated carbocycles. The van der Waals surface area contributed by atoms with E-state index in [0.29, 0.717) is 24.7 Å². The number of unbranched alkanes of at least 4 members (excludes halogenated alkanes) is 4. The van der Waals surface area contributed by atoms with Crippen molar-refractivity contribution in [3.05, 3.63) is 54.1 Å². The molecule has 2 N–H and O–H groups in total. The zero-order valence-corrected chi connectivity index (χ0v) is 20.3. The lowest BCUT2D eigenvalue weighted by molar-refractivity contribution is 0.0977. The fraction of sp³-hybridized carbons (Fsp3) is 0.462. The largest absolute Gasteiger partial charge is 0.494 e. The number of benzene rings is 2. The van der Waals surface area contributed by atoms with E-state index in [9.17, 15) is 4.79 Å². The summed E-state index contributed by atoms with van der Waals surface area (Å²) in [4.78, 5) is 12.5. The number of amides is 1. The van der Waals surface area contributed by atoms with Crippen LogP contribution in [0.3, 0.4) is 0 Å². The first-order chi connectivity index (χ1) is 15.5. The van der Waals surface area contributed by atoms with Gasteiger partial charge in [0.25, 0.3) is 5.91 Å². The molecule has 2 rings (SSSR count). The van der Waals surface area contributed by atoms with E-state index < -0.39 is 0 Å². The first-order valence-electron chi connectivity index (χ1n) is 11.6. The van der Waals surface area contributed by atoms with Gasteiger partial charge in [0.05, 0.1) is 13.2 Å². The van der Waals surface area contributed by atoms with Crippen molar-refractivity contribution in [2.24, 2.45) is 5.92 Å². The van der Waals surface area contributed by atoms with Crippen LogP contribution in [0.1, 0.15) is 69.7 Å². The normalized spacial score (nSPS) is 10.6. The molecule has 0 heterocycles. The lowest BCUT2D eigenvalue weighted by atomic mass is 10.1. The number of ether oxygens (including phenoxy) is 2. The maximum absolute atomic E-state index is 12.5. The summed E-state index contributed by atoms with van der Waals surface area (Å²) < 4.78 is 11.5. The lowest BCUT2D eigenvalue weighted by Crippen LogP contribution is -2.34. The average molecular weight is 457 g/mol. The van der Waals surface area contributed by atoms with Crippen LogP contribution >= 0.6 is 12.2 Å². The number of nitrogens with one attached hydrogen (secondary N) is 2. The Hall–Kier alpha value is -2.60. The molecule has 5 nitrogen and oxygen atoms in total. The molecule has 32 heavy (non-hydrogen) atoms. The van der Waals surface area contributed by atoms with Crippen LogP contribution < -0.4 is 20.1 Å². The molecule has 2 aromatic carbocycles. The van der Waals surface area contributed by atoms with Gasteiger partial charge >= 0.3 is 0 Å². The third-order valence-electron chi connectivity index (χ3n) is 4.92. The molecule has 0 aromatic heterocycles. The minimum atomic E-state index is -0.268. The Morgan fingerprint density at radius 1 is 0.938 bits per heavy atom. The molecule has 0 spiro atoms. The molecule has 0 bridgehead atoms. The molecule has 6 heteroatoms. The van der Waals surface area contributed by atoms with Gasteiger partial charge in [-0.25, -0.2) is 0 Å². The van der Waals surface area contributed by atoms with E-state index in [-0.39, 0.29) is 11.0 Å². The van der Waals surface area contributed by atoms with E-state index in [2.05, 4.69) is 31.4 Å². The van der Waals surface area contributed by atoms with E-state index in [0.717, 1.165) is 30.0 Å². The average Bonchev–Trinajstić information content (AvgIpc) is 2.76. The van der Waals surface area contributed by atoms with Crippen LogP contribution in [-0.4, -0.2) is 24.2 Å². The third-order valence-corrected chi connectivity index (χ3v) is 5.12. The Balaban J connectivity index is 1.77. The van der Waals surface area contributed by atoms with Gasteiger partial charge < -0.3 is 14.8 Å². The van der Waals surface area contributed by atoms with Gasteiger partial charge in [0, 0.05) is 17.3 Å². The van der Waals surface area contributed by atoms with Crippen LogP contribution in [0, 0.1) is 5.92 Å². The van der Waals surface area contributed by atoms with Gasteiger partial charge in [0.2, 0.25) is 0 Å². The third kappa shape index (κ3) is 10.1. The highest BCUT2D eigenvalue weighted by atomic mass is 32.1. The predicted molar refractivity (Wildman–Crippen MR) is 136 cm³/mol. The van der Waals surface area contributed by atoms with Crippen molar-refractivity contribution in [3.63, 3.8) is 0 Å². The highest BCUT2D eigenvalue weighted by molar-refractivity contribution is 7.80. The summed E-state index contributed by atoms with van der Waals surface area (Å²) in [6.45, 7) is 7.89. The molecule has 2 aromatic rings. The van der Waals surface area contributed by atoms with Gasteiger partial charge in [-0.1, -0.05) is 52.5 Å². The van der Waals surface area contributed by atoms with Crippen LogP contribution in [0.5, 0.6) is 11.5 Å². The maximum Gasteiger partial charge on any atom is 0.257 e. The Kier molecular flexibility index (Phi) is 11.6. The summed E-state index contributed by atoms with van der Waals surface area (Å²) in [6, 6.07) is 14.7. The summed E-state index contributed by atoms with van der Waals surface area (Å²) in [6.07, 6.45) is 7.00. The second kappa shape index (κ2) is 14.5. The fourth-order valence-electron chi connectivity index (χ4n) is 3.01. The van der Waals surface area contributed by atoms with Crippen molar-refractivity contribution in [3.8, 4) is 11.5 Å². The van der Waals surface area contributed by atoms with Crippen LogP contribution in [0.4, 0.5) is 5.69 Å². The Morgan fingerprint density at radius 2 is 1.66 bits per heavy atom. The predicted octanol–water partition coefficient (Wildman–Crippen LogP) is 6.59. The van der Waals surface area contributed by atoms with Gasteiger partial charge in [-0.05, 0) is 67.4 Å². The van der Waals surface area contributed by atoms with Crippen molar-refractivity contribution in [1.29, 1.82) is 0 Å². The number of rotatable bonds is 13. The van der Waals surface area contributed by atoms with Gasteiger partial charge in [-0.3, -0.25) is 10.1 Å². The molecular formula is C26H36N2O3S. The first kappa shape index (κ1) is 25.7. The molecule has 174 valence electrons. The molecule has 0 fully saturated rings. The van der Waals surface area contributed by atoms with Crippen molar-refractivity contribution >= 4 is 28.9 Å². The zero-order chi connectivity index (χ0) is 23.2. The molecule has 0 atom stereocenters. The van der Waals surface area contributed by atoms with Gasteiger partial charge in [-0.2, -0.15) is 0 Å². The SMILES string of the molecule is CCCCCCCOc1cccc(NC(=S)NC(=O)c2ccc(OCCC(C)C)cc2)c1. The van der Waals surface area contributed by atoms with Crippen LogP contribution in [-0.2, 0) is 0 Å². The molecule has 0 aliphatic carbocycles. The molecule has 0 radical (unpaired) electrons. The molecule has 0 unspecified atom stereocenters. The molecule has 0 aliphatic rings. The highest BCUT2D eigenvalue weighted by Crippen LogP contribution is 2.18. The maximum atomic E-state index is 12.5. The standard InChI is InChI=1S/C26H36N2O3S/c1-4-5-6-7-8-17-30-24-11-9-10-22(19-24)27-26(32)28-25(29)21-12-14-23(15-13-21)31-18-16-20(2)3/h9-15,19-20H,4-8,16-18H2,1-3H3,(H2,27,28,29,32). The smallest absolute Gasteiger partial charge is 0.257 e. The summed E-state index contributed by atoms with van der Waals surface area (Å²) >= 11 is 5.30. The second-order valence-electron chi connectivity index (χ2n) is 8.25. The van der Waals surface area contributed by atoms with E-state index in [4.69, 9.17) is 21.7 Å². The summed E-state index contributed by atoms with van der Waals surface area (Å²) in [5.41, 5.74) is 1.29. The van der Waals surface area contributed by atoms with Crippen molar-refractivity contribution in [1.82, 2.24) is 5.32 Å². The number of hydrogen-bond acceptors (Lipinski definition) is 4. The van der Waals surface area contributed by atoms with E-state index in [1.807, 2.05) is 24.3 Å². The zero-order valence-electron chi connectivity index (χ0n) is 19.5. The minimum Gasteiger partial charge on any atom is -0.494 e. The Bertz CT molecular complexity index is 837. The van der Waals surface area contributed by atoms with Crippen molar-refractivity contribution in [2.45, 2.75) is 59.3 Å². The quantitative estimate of drug-likeness (QED) is 0.263. The summed E-state index contributed by atoms with van der Waals surface area (Å²) in [5, 5.41) is 6.00. The first-order valence-corrected chi connectivity index (χ1v) is 12.0. The monoisotopic (exact) mass is 456 g/mol. The highest BCUT2D eigenvalue weighted by Gasteiger charge is 2.09. The number of thiocarbonyl (C=S) groups is 1. The van der Waals surface area contributed by atoms with E-state index >= 15 is 0 Å². The van der Waals surface area contributed by atoms with Crippen LogP contribution in [0.25, 0.3) is 0 Å². The molecule has 0 aliphatic heterocycles. The van der Waals surface area contributed by atoms with Crippen LogP contribution in [0.15, 0.2) is 48.5 Å². The summed E-state index contributed by atoms with van der Waals surface area (Å²) in [7, 11) is 0. The summed E-state index contributed by atoms with van der Waals surface area (Å²) in [5.74, 6) is 1.87. The van der Waals surface area contributed by atoms with Gasteiger partial charge in [-0.15, -0.1) is 0 Å². The van der Waals surface area contributed by atoms with Crippen molar-refractivity contribution < 1.29 is 14.3 Å². The molecular weight excluding hydrogens is 420 g/mol. The Morgan fingerprint density at radius 3 is 2.38 bits per heavy atom. The van der Waals surface area contributed by atoms with Gasteiger partial charge in [0.1, 0.15) is 11.5 Å². The van der Waals surface area contributed by atoms with Crippen LogP contribution in [0.2, 0.25) is 0 Å². The van der Waals surface area contributed by atoms with Crippen molar-refractivity contribution in [2.75, 3.05) is 18.5 Å². The lowest BCUT2D eigenvalue weighted by Gasteiger charge is -2.12. The van der Waals surface area contributed by atoms with E-state index in [1.54, 1.807) is 24.3 Å². The number of carbonyl (C=O) groups excluding carboxylic acids is 1. The topological polar surface area (TPSA) is 59.6 Å².